The summed E-state index contributed by atoms with van der Waals surface area (Å²) in [6.45, 7) is 0.178. The lowest BCUT2D eigenvalue weighted by atomic mass is 10.2. The van der Waals surface area contributed by atoms with Crippen molar-refractivity contribution in [3.8, 4) is 11.5 Å². The number of amides is 1. The van der Waals surface area contributed by atoms with Gasteiger partial charge in [0.2, 0.25) is 0 Å². The monoisotopic (exact) mass is 420 g/mol. The van der Waals surface area contributed by atoms with Crippen LogP contribution in [0.25, 0.3) is 0 Å². The van der Waals surface area contributed by atoms with E-state index in [1.54, 1.807) is 31.3 Å². The lowest BCUT2D eigenvalue weighted by Gasteiger charge is -2.15. The summed E-state index contributed by atoms with van der Waals surface area (Å²) in [4.78, 5) is 15.6. The maximum atomic E-state index is 12.5. The molecule has 7 nitrogen and oxygen atoms in total. The highest BCUT2D eigenvalue weighted by Gasteiger charge is 2.09. The minimum atomic E-state index is -2.88. The van der Waals surface area contributed by atoms with Gasteiger partial charge in [-0.15, -0.1) is 0 Å². The van der Waals surface area contributed by atoms with E-state index in [1.165, 1.54) is 6.07 Å². The SMILES string of the molecule is CCNC(=O)COc1cccc(CNC(=NC)NCc2ccccc2OC(F)F)c1. The Bertz CT molecular complexity index is 847. The second-order valence-corrected chi connectivity index (χ2v) is 6.16. The van der Waals surface area contributed by atoms with Crippen LogP contribution in [0.15, 0.2) is 53.5 Å². The van der Waals surface area contributed by atoms with Gasteiger partial charge >= 0.3 is 6.61 Å². The van der Waals surface area contributed by atoms with Gasteiger partial charge < -0.3 is 25.4 Å². The molecule has 0 fully saturated rings. The summed E-state index contributed by atoms with van der Waals surface area (Å²) in [5.74, 6) is 1.02. The van der Waals surface area contributed by atoms with E-state index < -0.39 is 6.61 Å². The maximum absolute atomic E-state index is 12.5. The van der Waals surface area contributed by atoms with E-state index in [-0.39, 0.29) is 24.8 Å². The lowest BCUT2D eigenvalue weighted by molar-refractivity contribution is -0.122. The van der Waals surface area contributed by atoms with Gasteiger partial charge in [0.25, 0.3) is 5.91 Å². The van der Waals surface area contributed by atoms with Crippen molar-refractivity contribution in [1.82, 2.24) is 16.0 Å². The number of nitrogens with zero attached hydrogens (tertiary/aromatic N) is 1. The Morgan fingerprint density at radius 3 is 2.57 bits per heavy atom. The number of rotatable bonds is 10. The zero-order valence-corrected chi connectivity index (χ0v) is 17.0. The fraction of sp³-hybridized carbons (Fsp3) is 0.333. The number of para-hydroxylation sites is 1. The topological polar surface area (TPSA) is 84.0 Å². The number of ether oxygens (including phenoxy) is 2. The van der Waals surface area contributed by atoms with Gasteiger partial charge in [-0.3, -0.25) is 9.79 Å². The van der Waals surface area contributed by atoms with Crippen LogP contribution in [-0.4, -0.2) is 38.7 Å². The van der Waals surface area contributed by atoms with Crippen LogP contribution in [-0.2, 0) is 17.9 Å². The van der Waals surface area contributed by atoms with Crippen LogP contribution in [0.2, 0.25) is 0 Å². The van der Waals surface area contributed by atoms with Crippen molar-refractivity contribution in [2.75, 3.05) is 20.2 Å². The molecule has 2 rings (SSSR count). The van der Waals surface area contributed by atoms with E-state index >= 15 is 0 Å². The molecule has 30 heavy (non-hydrogen) atoms. The van der Waals surface area contributed by atoms with E-state index in [2.05, 4.69) is 25.7 Å². The van der Waals surface area contributed by atoms with Crippen molar-refractivity contribution in [2.45, 2.75) is 26.6 Å². The molecule has 3 N–H and O–H groups in total. The first-order valence-electron chi connectivity index (χ1n) is 9.47. The minimum absolute atomic E-state index is 0.0476. The van der Waals surface area contributed by atoms with E-state index in [4.69, 9.17) is 4.74 Å². The number of hydrogen-bond acceptors (Lipinski definition) is 4. The standard InChI is InChI=1S/C21H26F2N4O3/c1-3-25-19(28)14-29-17-9-6-7-15(11-17)12-26-21(24-2)27-13-16-8-4-5-10-18(16)30-20(22)23/h4-11,20H,3,12-14H2,1-2H3,(H,25,28)(H2,24,26,27). The average Bonchev–Trinajstić information content (AvgIpc) is 2.73. The lowest BCUT2D eigenvalue weighted by Crippen LogP contribution is -2.36. The Hall–Kier alpha value is -3.36. The third-order valence-electron chi connectivity index (χ3n) is 3.96. The first-order valence-corrected chi connectivity index (χ1v) is 9.47. The van der Waals surface area contributed by atoms with E-state index in [0.717, 1.165) is 5.56 Å². The van der Waals surface area contributed by atoms with E-state index in [1.807, 2.05) is 25.1 Å². The predicted octanol–water partition coefficient (Wildman–Crippen LogP) is 2.67. The van der Waals surface area contributed by atoms with Crippen molar-refractivity contribution in [2.24, 2.45) is 4.99 Å². The summed E-state index contributed by atoms with van der Waals surface area (Å²) in [7, 11) is 1.61. The van der Waals surface area contributed by atoms with Gasteiger partial charge in [0.15, 0.2) is 12.6 Å². The number of halogens is 2. The molecule has 0 aliphatic heterocycles. The third-order valence-corrected chi connectivity index (χ3v) is 3.96. The molecule has 1 amide bonds. The fourth-order valence-electron chi connectivity index (χ4n) is 2.59. The molecular weight excluding hydrogens is 394 g/mol. The summed E-state index contributed by atoms with van der Waals surface area (Å²) < 4.78 is 35.1. The van der Waals surface area contributed by atoms with Crippen molar-refractivity contribution in [3.05, 3.63) is 59.7 Å². The highest BCUT2D eigenvalue weighted by Crippen LogP contribution is 2.20. The van der Waals surface area contributed by atoms with Gasteiger partial charge in [-0.1, -0.05) is 30.3 Å². The number of likely N-dealkylation sites (N-methyl/N-ethyl adjacent to an activating group) is 1. The molecule has 2 aromatic rings. The van der Waals surface area contributed by atoms with Crippen LogP contribution in [0.1, 0.15) is 18.1 Å². The van der Waals surface area contributed by atoms with Crippen LogP contribution >= 0.6 is 0 Å². The molecule has 0 saturated heterocycles. The number of guanidine groups is 1. The molecule has 0 radical (unpaired) electrons. The molecule has 0 aliphatic rings. The molecule has 0 bridgehead atoms. The summed E-state index contributed by atoms with van der Waals surface area (Å²) in [5, 5.41) is 8.88. The van der Waals surface area contributed by atoms with Crippen LogP contribution in [0.3, 0.4) is 0 Å². The van der Waals surface area contributed by atoms with Gasteiger partial charge in [0.05, 0.1) is 0 Å². The molecule has 0 aromatic heterocycles. The van der Waals surface area contributed by atoms with Crippen LogP contribution in [0.5, 0.6) is 11.5 Å². The second-order valence-electron chi connectivity index (χ2n) is 6.16. The minimum Gasteiger partial charge on any atom is -0.484 e. The average molecular weight is 420 g/mol. The molecule has 0 heterocycles. The maximum Gasteiger partial charge on any atom is 0.387 e. The van der Waals surface area contributed by atoms with Gasteiger partial charge in [-0.25, -0.2) is 0 Å². The largest absolute Gasteiger partial charge is 0.484 e. The Labute approximate surface area is 174 Å². The smallest absolute Gasteiger partial charge is 0.387 e. The quantitative estimate of drug-likeness (QED) is 0.407. The highest BCUT2D eigenvalue weighted by molar-refractivity contribution is 5.79. The molecule has 0 atom stereocenters. The van der Waals surface area contributed by atoms with Crippen molar-refractivity contribution >= 4 is 11.9 Å². The Balaban J connectivity index is 1.88. The van der Waals surface area contributed by atoms with Gasteiger partial charge in [-0.05, 0) is 30.7 Å². The Morgan fingerprint density at radius 2 is 1.83 bits per heavy atom. The number of carbonyl (C=O) groups excluding carboxylic acids is 1. The number of aliphatic imine (C=N–C) groups is 1. The Kier molecular flexibility index (Phi) is 9.36. The van der Waals surface area contributed by atoms with Crippen molar-refractivity contribution in [3.63, 3.8) is 0 Å². The fourth-order valence-corrected chi connectivity index (χ4v) is 2.59. The summed E-state index contributed by atoms with van der Waals surface area (Å²) >= 11 is 0. The summed E-state index contributed by atoms with van der Waals surface area (Å²) in [6.07, 6.45) is 0. The van der Waals surface area contributed by atoms with Crippen LogP contribution < -0.4 is 25.4 Å². The predicted molar refractivity (Wildman–Crippen MR) is 111 cm³/mol. The number of hydrogen-bond donors (Lipinski definition) is 3. The molecule has 0 unspecified atom stereocenters. The van der Waals surface area contributed by atoms with Crippen LogP contribution in [0.4, 0.5) is 8.78 Å². The molecular formula is C21H26F2N4O3. The first kappa shape index (κ1) is 22.9. The molecule has 0 saturated carbocycles. The zero-order valence-electron chi connectivity index (χ0n) is 17.0. The molecule has 0 aliphatic carbocycles. The summed E-state index contributed by atoms with van der Waals surface area (Å²) in [5.41, 5.74) is 1.51. The number of nitrogens with one attached hydrogen (secondary N) is 3. The normalized spacial score (nSPS) is 11.2. The number of alkyl halides is 2. The first-order chi connectivity index (χ1) is 14.5. The molecule has 0 spiro atoms. The molecule has 162 valence electrons. The van der Waals surface area contributed by atoms with Gasteiger partial charge in [0.1, 0.15) is 11.5 Å². The van der Waals surface area contributed by atoms with Crippen LogP contribution in [0, 0.1) is 0 Å². The number of benzene rings is 2. The van der Waals surface area contributed by atoms with Gasteiger partial charge in [0, 0.05) is 32.2 Å². The zero-order chi connectivity index (χ0) is 21.8. The van der Waals surface area contributed by atoms with Crippen molar-refractivity contribution in [1.29, 1.82) is 0 Å². The molecule has 2 aromatic carbocycles. The highest BCUT2D eigenvalue weighted by atomic mass is 19.3. The Morgan fingerprint density at radius 1 is 1.07 bits per heavy atom. The molecule has 9 heteroatoms. The second kappa shape index (κ2) is 12.3. The van der Waals surface area contributed by atoms with E-state index in [0.29, 0.717) is 30.4 Å². The third kappa shape index (κ3) is 7.94. The van der Waals surface area contributed by atoms with Gasteiger partial charge in [-0.2, -0.15) is 8.78 Å². The number of carbonyl (C=O) groups is 1. The van der Waals surface area contributed by atoms with Crippen molar-refractivity contribution < 1.29 is 23.0 Å². The summed E-state index contributed by atoms with van der Waals surface area (Å²) in [6, 6.07) is 13.9. The van der Waals surface area contributed by atoms with E-state index in [9.17, 15) is 13.6 Å².